The molecule has 0 aromatic heterocycles. The Kier molecular flexibility index (Phi) is 94.5. The molecule has 4 radical (unpaired) electrons. The van der Waals surface area contributed by atoms with Gasteiger partial charge in [-0.1, -0.05) is 0 Å². The van der Waals surface area contributed by atoms with Crippen molar-refractivity contribution in [2.24, 2.45) is 0 Å². The van der Waals surface area contributed by atoms with Crippen molar-refractivity contribution in [3.63, 3.8) is 0 Å². The van der Waals surface area contributed by atoms with E-state index in [4.69, 9.17) is 0 Å². The van der Waals surface area contributed by atoms with Crippen LogP contribution in [0.2, 0.25) is 0 Å². The van der Waals surface area contributed by atoms with Crippen LogP contribution in [0.1, 0.15) is 0 Å². The number of hydrogen-bond donors (Lipinski definition) is 0. The summed E-state index contributed by atoms with van der Waals surface area (Å²) in [5, 5.41) is 0. The van der Waals surface area contributed by atoms with Gasteiger partial charge in [0.2, 0.25) is 0 Å². The van der Waals surface area contributed by atoms with Crippen molar-refractivity contribution in [1.82, 2.24) is 0 Å². The summed E-state index contributed by atoms with van der Waals surface area (Å²) in [5.41, 5.74) is 0. The summed E-state index contributed by atoms with van der Waals surface area (Å²) in [6, 6.07) is 0. The molecule has 0 unspecified atom stereocenters. The zero-order chi connectivity index (χ0) is 0. The molecule has 0 spiro atoms. The zero-order valence-electron chi connectivity index (χ0n) is 2.36. The standard InChI is InChI=1S/Ce.La.Mg.Sc. The van der Waals surface area contributed by atoms with Gasteiger partial charge < -0.3 is 0 Å². The number of rotatable bonds is 0. The second-order valence-electron chi connectivity index (χ2n) is 0. The van der Waals surface area contributed by atoms with Crippen LogP contribution in [0.3, 0.4) is 0 Å². The van der Waals surface area contributed by atoms with Gasteiger partial charge in [0.05, 0.1) is 0 Å². The molecule has 0 aliphatic rings. The molecule has 0 fully saturated rings. The molecule has 0 amide bonds. The first kappa shape index (κ1) is 24.1. The van der Waals surface area contributed by atoms with Crippen molar-refractivity contribution in [3.8, 4) is 0 Å². The second-order valence-corrected chi connectivity index (χ2v) is 0. The average molecular weight is 348 g/mol. The van der Waals surface area contributed by atoms with Gasteiger partial charge in [0.25, 0.3) is 0 Å². The van der Waals surface area contributed by atoms with Crippen molar-refractivity contribution in [1.29, 1.82) is 0 Å². The van der Waals surface area contributed by atoms with Crippen LogP contribution in [-0.4, -0.2) is 23.1 Å². The molecule has 0 atom stereocenters. The maximum absolute atomic E-state index is 0. The average Bonchev–Trinajstić information content (AvgIpc) is 0. The first-order valence-corrected chi connectivity index (χ1v) is 0. The Labute approximate surface area is 123 Å². The Balaban J connectivity index is 0. The first-order chi connectivity index (χ1) is 0. The molecular weight excluding hydrogens is 348 g/mol. The Morgan fingerprint density at radius 3 is 1.00 bits per heavy atom. The van der Waals surface area contributed by atoms with Crippen LogP contribution in [0.4, 0.5) is 0 Å². The summed E-state index contributed by atoms with van der Waals surface area (Å²) in [6.07, 6.45) is 0. The van der Waals surface area contributed by atoms with Crippen molar-refractivity contribution >= 4 is 23.1 Å². The fraction of sp³-hybridized carbons (Fsp3) is 0. The Morgan fingerprint density at radius 1 is 1.00 bits per heavy atom. The van der Waals surface area contributed by atoms with E-state index in [9.17, 15) is 0 Å². The molecule has 0 rings (SSSR count). The van der Waals surface area contributed by atoms with E-state index < -0.39 is 0 Å². The smallest absolute Gasteiger partial charge is 0 e. The van der Waals surface area contributed by atoms with Crippen molar-refractivity contribution in [3.05, 3.63) is 0 Å². The van der Waals surface area contributed by atoms with Crippen LogP contribution in [0.15, 0.2) is 0 Å². The van der Waals surface area contributed by atoms with Gasteiger partial charge in [0.15, 0.2) is 0 Å². The summed E-state index contributed by atoms with van der Waals surface area (Å²) in [5.74, 6) is 0. The molecule has 0 N–H and O–H groups in total. The maximum atomic E-state index is 0. The molecule has 0 heterocycles. The van der Waals surface area contributed by atoms with Gasteiger partial charge in [-0.3, -0.25) is 0 Å². The van der Waals surface area contributed by atoms with Crippen LogP contribution in [0.5, 0.6) is 0 Å². The van der Waals surface area contributed by atoms with Gasteiger partial charge in [-0.25, -0.2) is 0 Å². The van der Waals surface area contributed by atoms with Gasteiger partial charge >= 0.3 is 0 Å². The molecule has 12 valence electrons. The fourth-order valence-electron chi connectivity index (χ4n) is 0. The van der Waals surface area contributed by atoms with Crippen LogP contribution >= 0.6 is 0 Å². The zero-order valence-corrected chi connectivity index (χ0v) is 12.3. The summed E-state index contributed by atoms with van der Waals surface area (Å²) >= 11 is 0. The van der Waals surface area contributed by atoms with E-state index in [2.05, 4.69) is 0 Å². The minimum atomic E-state index is 0. The molecule has 4 heavy (non-hydrogen) atoms. The van der Waals surface area contributed by atoms with Crippen molar-refractivity contribution in [2.45, 2.75) is 0 Å². The quantitative estimate of drug-likeness (QED) is 0.524. The molecule has 0 bridgehead atoms. The minimum Gasteiger partial charge on any atom is 0 e. The van der Waals surface area contributed by atoms with E-state index in [-0.39, 0.29) is 126 Å². The Hall–Kier alpha value is 4.21. The van der Waals surface area contributed by atoms with Gasteiger partial charge in [0, 0.05) is 126 Å². The Morgan fingerprint density at radius 2 is 1.00 bits per heavy atom. The van der Waals surface area contributed by atoms with Crippen LogP contribution in [0, 0.1) is 77.3 Å². The molecule has 0 nitrogen and oxygen atoms in total. The van der Waals surface area contributed by atoms with E-state index in [1.165, 1.54) is 0 Å². The summed E-state index contributed by atoms with van der Waals surface area (Å²) in [7, 11) is 0. The summed E-state index contributed by atoms with van der Waals surface area (Å²) < 4.78 is 0. The van der Waals surface area contributed by atoms with Crippen LogP contribution in [-0.2, 0) is 25.8 Å². The predicted molar refractivity (Wildman–Crippen MR) is 5.75 cm³/mol. The van der Waals surface area contributed by atoms with E-state index >= 15 is 0 Å². The summed E-state index contributed by atoms with van der Waals surface area (Å²) in [4.78, 5) is 0. The molecule has 0 saturated carbocycles. The molecular formula is CeLaMgSc. The number of hydrogen-bond acceptors (Lipinski definition) is 0. The molecule has 0 saturated heterocycles. The normalized spacial score (nSPS) is 0. The molecule has 0 aromatic carbocycles. The largest absolute Gasteiger partial charge is 0 e. The van der Waals surface area contributed by atoms with Crippen molar-refractivity contribution in [2.75, 3.05) is 0 Å². The third-order valence-corrected chi connectivity index (χ3v) is 0. The fourth-order valence-corrected chi connectivity index (χ4v) is 0. The SMILES string of the molecule is [Ce].[La].[Mg].[Sc]. The van der Waals surface area contributed by atoms with Gasteiger partial charge in [-0.2, -0.15) is 0 Å². The van der Waals surface area contributed by atoms with Gasteiger partial charge in [0.1, 0.15) is 0 Å². The van der Waals surface area contributed by atoms with E-state index in [0.717, 1.165) is 0 Å². The third-order valence-electron chi connectivity index (χ3n) is 0. The van der Waals surface area contributed by atoms with E-state index in [1.54, 1.807) is 0 Å². The van der Waals surface area contributed by atoms with E-state index in [1.807, 2.05) is 0 Å². The monoisotopic (exact) mass is 348 g/mol. The van der Waals surface area contributed by atoms with Gasteiger partial charge in [-0.15, -0.1) is 0 Å². The Bertz CT molecular complexity index is 8.00. The second kappa shape index (κ2) is 15.7. The first-order valence-electron chi connectivity index (χ1n) is 0. The molecule has 0 aromatic rings. The molecule has 0 aliphatic carbocycles. The molecule has 0 aliphatic heterocycles. The summed E-state index contributed by atoms with van der Waals surface area (Å²) in [6.45, 7) is 0. The van der Waals surface area contributed by atoms with Crippen molar-refractivity contribution < 1.29 is 103 Å². The molecule has 4 heteroatoms. The van der Waals surface area contributed by atoms with Crippen LogP contribution < -0.4 is 0 Å². The van der Waals surface area contributed by atoms with Gasteiger partial charge in [-0.05, 0) is 0 Å². The topological polar surface area (TPSA) is 0 Å². The predicted octanol–water partition coefficient (Wildman–Crippen LogP) is -0.383. The van der Waals surface area contributed by atoms with E-state index in [0.29, 0.717) is 0 Å². The third kappa shape index (κ3) is 9.51. The maximum Gasteiger partial charge on any atom is 0 e. The minimum absolute atomic E-state index is 0. The van der Waals surface area contributed by atoms with Crippen LogP contribution in [0.25, 0.3) is 0 Å².